The Kier molecular flexibility index (Phi) is 6.91. The van der Waals surface area contributed by atoms with Crippen LogP contribution in [-0.2, 0) is 20.8 Å². The molecule has 0 N–H and O–H groups in total. The Labute approximate surface area is 170 Å². The standard InChI is InChI=1S/C20H20N2O4S2/c1-3-26-11-10-22-16-8-6-14(19(24)25-2)13-17(16)28-20(22)21-18(23)9-7-15-5-4-12-27-15/h4-9,12-13H,3,10-11H2,1-2H3. The fraction of sp³-hybridized carbons (Fsp3) is 0.250. The smallest absolute Gasteiger partial charge is 0.337 e. The topological polar surface area (TPSA) is 69.9 Å². The van der Waals surface area contributed by atoms with Crippen molar-refractivity contribution in [3.05, 3.63) is 57.0 Å². The van der Waals surface area contributed by atoms with E-state index in [1.165, 1.54) is 24.5 Å². The van der Waals surface area contributed by atoms with Crippen LogP contribution in [0.1, 0.15) is 22.2 Å². The van der Waals surface area contributed by atoms with E-state index in [-0.39, 0.29) is 5.91 Å². The molecule has 0 saturated carbocycles. The van der Waals surface area contributed by atoms with Gasteiger partial charge in [-0.15, -0.1) is 11.3 Å². The molecule has 0 radical (unpaired) electrons. The van der Waals surface area contributed by atoms with E-state index in [0.29, 0.717) is 30.1 Å². The number of ether oxygens (including phenoxy) is 2. The van der Waals surface area contributed by atoms with Crippen molar-refractivity contribution >= 4 is 50.8 Å². The van der Waals surface area contributed by atoms with Crippen molar-refractivity contribution in [3.8, 4) is 0 Å². The summed E-state index contributed by atoms with van der Waals surface area (Å²) in [5, 5.41) is 1.95. The zero-order chi connectivity index (χ0) is 19.9. The predicted octanol–water partition coefficient (Wildman–Crippen LogP) is 3.73. The normalized spacial score (nSPS) is 12.1. The van der Waals surface area contributed by atoms with Crippen molar-refractivity contribution in [1.29, 1.82) is 0 Å². The first-order valence-electron chi connectivity index (χ1n) is 8.72. The summed E-state index contributed by atoms with van der Waals surface area (Å²) < 4.78 is 13.0. The maximum absolute atomic E-state index is 12.3. The van der Waals surface area contributed by atoms with E-state index >= 15 is 0 Å². The molecule has 0 aliphatic heterocycles. The highest BCUT2D eigenvalue weighted by Crippen LogP contribution is 2.20. The Hall–Kier alpha value is -2.55. The molecule has 1 aromatic carbocycles. The first-order chi connectivity index (χ1) is 13.6. The maximum atomic E-state index is 12.3. The van der Waals surface area contributed by atoms with Crippen molar-refractivity contribution in [2.24, 2.45) is 4.99 Å². The van der Waals surface area contributed by atoms with Crippen LogP contribution in [0.15, 0.2) is 46.8 Å². The lowest BCUT2D eigenvalue weighted by molar-refractivity contribution is -0.113. The van der Waals surface area contributed by atoms with Gasteiger partial charge in [-0.2, -0.15) is 4.99 Å². The molecule has 1 amide bonds. The molecule has 28 heavy (non-hydrogen) atoms. The minimum absolute atomic E-state index is 0.335. The van der Waals surface area contributed by atoms with Crippen molar-refractivity contribution in [1.82, 2.24) is 4.57 Å². The molecule has 3 rings (SSSR count). The first kappa shape index (κ1) is 20.2. The Bertz CT molecular complexity index is 1060. The molecular formula is C20H20N2O4S2. The number of thiophene rings is 1. The third-order valence-electron chi connectivity index (χ3n) is 3.91. The van der Waals surface area contributed by atoms with Crippen LogP contribution in [0.5, 0.6) is 0 Å². The summed E-state index contributed by atoms with van der Waals surface area (Å²) in [4.78, 5) is 29.9. The third-order valence-corrected chi connectivity index (χ3v) is 5.79. The van der Waals surface area contributed by atoms with Gasteiger partial charge < -0.3 is 14.0 Å². The fourth-order valence-corrected chi connectivity index (χ4v) is 4.31. The Morgan fingerprint density at radius 1 is 1.29 bits per heavy atom. The number of thiazole rings is 1. The lowest BCUT2D eigenvalue weighted by atomic mass is 10.2. The molecule has 0 spiro atoms. The average Bonchev–Trinajstić information content (AvgIpc) is 3.33. The number of hydrogen-bond donors (Lipinski definition) is 0. The van der Waals surface area contributed by atoms with Crippen LogP contribution < -0.4 is 4.80 Å². The molecule has 2 aromatic heterocycles. The van der Waals surface area contributed by atoms with Gasteiger partial charge in [-0.3, -0.25) is 4.79 Å². The number of amides is 1. The second-order valence-corrected chi connectivity index (χ2v) is 7.69. The predicted molar refractivity (Wildman–Crippen MR) is 112 cm³/mol. The highest BCUT2D eigenvalue weighted by atomic mass is 32.1. The molecule has 8 heteroatoms. The van der Waals surface area contributed by atoms with Gasteiger partial charge in [-0.1, -0.05) is 17.4 Å². The van der Waals surface area contributed by atoms with Crippen LogP contribution in [0, 0.1) is 0 Å². The van der Waals surface area contributed by atoms with Crippen molar-refractivity contribution in [2.45, 2.75) is 13.5 Å². The van der Waals surface area contributed by atoms with E-state index in [1.807, 2.05) is 35.1 Å². The number of rotatable bonds is 7. The fourth-order valence-electron chi connectivity index (χ4n) is 2.59. The van der Waals surface area contributed by atoms with Gasteiger partial charge in [0.15, 0.2) is 4.80 Å². The minimum Gasteiger partial charge on any atom is -0.465 e. The summed E-state index contributed by atoms with van der Waals surface area (Å²) in [6, 6.07) is 9.17. The molecule has 0 aliphatic rings. The van der Waals surface area contributed by atoms with E-state index in [4.69, 9.17) is 9.47 Å². The highest BCUT2D eigenvalue weighted by molar-refractivity contribution is 7.16. The van der Waals surface area contributed by atoms with Crippen LogP contribution >= 0.6 is 22.7 Å². The number of hydrogen-bond acceptors (Lipinski definition) is 6. The van der Waals surface area contributed by atoms with Gasteiger partial charge in [-0.05, 0) is 42.6 Å². The van der Waals surface area contributed by atoms with Gasteiger partial charge in [0, 0.05) is 24.1 Å². The van der Waals surface area contributed by atoms with Gasteiger partial charge in [0.2, 0.25) is 0 Å². The summed E-state index contributed by atoms with van der Waals surface area (Å²) in [6.07, 6.45) is 3.21. The van der Waals surface area contributed by atoms with Gasteiger partial charge >= 0.3 is 5.97 Å². The summed E-state index contributed by atoms with van der Waals surface area (Å²) >= 11 is 2.91. The Morgan fingerprint density at radius 2 is 2.14 bits per heavy atom. The number of benzene rings is 1. The van der Waals surface area contributed by atoms with E-state index in [0.717, 1.165) is 15.1 Å². The number of carbonyl (C=O) groups excluding carboxylic acids is 2. The van der Waals surface area contributed by atoms with E-state index < -0.39 is 5.97 Å². The second kappa shape index (κ2) is 9.59. The molecule has 0 saturated heterocycles. The molecule has 3 aromatic rings. The van der Waals surface area contributed by atoms with Gasteiger partial charge in [0.25, 0.3) is 5.91 Å². The van der Waals surface area contributed by atoms with Gasteiger partial charge in [0.05, 0.1) is 29.5 Å². The maximum Gasteiger partial charge on any atom is 0.337 e. The number of methoxy groups -OCH3 is 1. The van der Waals surface area contributed by atoms with Crippen LogP contribution in [0.2, 0.25) is 0 Å². The molecular weight excluding hydrogens is 396 g/mol. The first-order valence-corrected chi connectivity index (χ1v) is 10.4. The zero-order valence-corrected chi connectivity index (χ0v) is 17.2. The lowest BCUT2D eigenvalue weighted by Gasteiger charge is -2.05. The molecule has 0 bridgehead atoms. The summed E-state index contributed by atoms with van der Waals surface area (Å²) in [5.74, 6) is -0.733. The molecule has 0 fully saturated rings. The van der Waals surface area contributed by atoms with Crippen molar-refractivity contribution in [2.75, 3.05) is 20.3 Å². The monoisotopic (exact) mass is 416 g/mol. The quantitative estimate of drug-likeness (QED) is 0.334. The summed E-state index contributed by atoms with van der Waals surface area (Å²) in [7, 11) is 1.35. The molecule has 146 valence electrons. The minimum atomic E-state index is -0.399. The highest BCUT2D eigenvalue weighted by Gasteiger charge is 2.11. The number of carbonyl (C=O) groups is 2. The van der Waals surface area contributed by atoms with E-state index in [2.05, 4.69) is 4.99 Å². The zero-order valence-electron chi connectivity index (χ0n) is 15.6. The number of nitrogens with zero attached hydrogens (tertiary/aromatic N) is 2. The summed E-state index contributed by atoms with van der Waals surface area (Å²) in [5.41, 5.74) is 1.36. The van der Waals surface area contributed by atoms with Gasteiger partial charge in [-0.25, -0.2) is 4.79 Å². The average molecular weight is 417 g/mol. The van der Waals surface area contributed by atoms with Crippen LogP contribution in [0.4, 0.5) is 0 Å². The second-order valence-electron chi connectivity index (χ2n) is 5.71. The Balaban J connectivity index is 1.99. The van der Waals surface area contributed by atoms with Crippen LogP contribution in [-0.4, -0.2) is 36.8 Å². The molecule has 0 unspecified atom stereocenters. The Morgan fingerprint density at radius 3 is 2.86 bits per heavy atom. The number of aromatic nitrogens is 1. The SMILES string of the molecule is CCOCCn1c(=NC(=O)C=Cc2cccs2)sc2cc(C(=O)OC)ccc21. The largest absolute Gasteiger partial charge is 0.465 e. The van der Waals surface area contributed by atoms with E-state index in [9.17, 15) is 9.59 Å². The van der Waals surface area contributed by atoms with Crippen molar-refractivity contribution < 1.29 is 19.1 Å². The van der Waals surface area contributed by atoms with E-state index in [1.54, 1.807) is 29.5 Å². The third kappa shape index (κ3) is 4.83. The number of fused-ring (bicyclic) bond motifs is 1. The van der Waals surface area contributed by atoms with Gasteiger partial charge in [0.1, 0.15) is 0 Å². The number of esters is 1. The molecule has 6 nitrogen and oxygen atoms in total. The molecule has 2 heterocycles. The lowest BCUT2D eigenvalue weighted by Crippen LogP contribution is -2.19. The molecule has 0 atom stereocenters. The molecule has 0 aliphatic carbocycles. The van der Waals surface area contributed by atoms with Crippen LogP contribution in [0.25, 0.3) is 16.3 Å². The summed E-state index contributed by atoms with van der Waals surface area (Å²) in [6.45, 7) is 3.62. The van der Waals surface area contributed by atoms with Crippen molar-refractivity contribution in [3.63, 3.8) is 0 Å². The van der Waals surface area contributed by atoms with Crippen LogP contribution in [0.3, 0.4) is 0 Å².